The number of rotatable bonds is 9. The van der Waals surface area contributed by atoms with E-state index in [1.165, 1.54) is 7.11 Å². The Morgan fingerprint density at radius 3 is 2.29 bits per heavy atom. The molecule has 0 saturated carbocycles. The van der Waals surface area contributed by atoms with Crippen LogP contribution in [-0.4, -0.2) is 52.1 Å². The van der Waals surface area contributed by atoms with Crippen LogP contribution in [0.25, 0.3) is 10.9 Å². The Morgan fingerprint density at radius 1 is 1.00 bits per heavy atom. The van der Waals surface area contributed by atoms with Crippen LogP contribution in [0.2, 0.25) is 0 Å². The summed E-state index contributed by atoms with van der Waals surface area (Å²) in [5.41, 5.74) is 5.37. The number of aromatic nitrogens is 4. The first kappa shape index (κ1) is 25.5. The zero-order valence-corrected chi connectivity index (χ0v) is 22.4. The van der Waals surface area contributed by atoms with Crippen molar-refractivity contribution in [3.05, 3.63) is 70.9 Å². The second-order valence-electron chi connectivity index (χ2n) is 9.66. The molecule has 38 heavy (non-hydrogen) atoms. The predicted octanol–water partition coefficient (Wildman–Crippen LogP) is 5.00. The Hall–Kier alpha value is -4.14. The minimum Gasteiger partial charge on any atom is -0.467 e. The quantitative estimate of drug-likeness (QED) is 0.269. The van der Waals surface area contributed by atoms with Crippen molar-refractivity contribution in [3.63, 3.8) is 0 Å². The molecule has 2 aromatic carbocycles. The average Bonchev–Trinajstić information content (AvgIpc) is 3.32. The van der Waals surface area contributed by atoms with Crippen LogP contribution >= 0.6 is 0 Å². The number of carbonyl (C=O) groups excluding carboxylic acids is 1. The number of fused-ring (bicyclic) bond motifs is 3. The summed E-state index contributed by atoms with van der Waals surface area (Å²) >= 11 is 0. The minimum absolute atomic E-state index is 0.329. The molecule has 0 amide bonds. The highest BCUT2D eigenvalue weighted by molar-refractivity contribution is 5.89. The molecule has 3 N–H and O–H groups in total. The van der Waals surface area contributed by atoms with Gasteiger partial charge in [0.25, 0.3) is 0 Å². The van der Waals surface area contributed by atoms with E-state index >= 15 is 0 Å². The number of benzene rings is 2. The molecule has 0 aliphatic carbocycles. The summed E-state index contributed by atoms with van der Waals surface area (Å²) in [4.78, 5) is 33.3. The lowest BCUT2D eigenvalue weighted by Crippen LogP contribution is -2.50. The van der Waals surface area contributed by atoms with Crippen LogP contribution in [0, 0.1) is 6.92 Å². The van der Waals surface area contributed by atoms with E-state index in [1.54, 1.807) is 0 Å². The zero-order valence-electron chi connectivity index (χ0n) is 22.4. The van der Waals surface area contributed by atoms with Crippen LogP contribution in [0.4, 0.5) is 17.8 Å². The van der Waals surface area contributed by atoms with Gasteiger partial charge in [-0.05, 0) is 37.0 Å². The van der Waals surface area contributed by atoms with Gasteiger partial charge in [-0.25, -0.2) is 4.79 Å². The SMILES string of the molecule is CCCNc1nc(NCCC)nc(N2[C@H](c3ccc(C)cc3)c3[nH]c4ccccc4c3C[C@H]2C(=O)OC)n1. The van der Waals surface area contributed by atoms with Crippen molar-refractivity contribution in [3.8, 4) is 0 Å². The molecule has 5 rings (SSSR count). The van der Waals surface area contributed by atoms with Gasteiger partial charge in [0.1, 0.15) is 6.04 Å². The third-order valence-electron chi connectivity index (χ3n) is 6.92. The predicted molar refractivity (Wildman–Crippen MR) is 151 cm³/mol. The van der Waals surface area contributed by atoms with Gasteiger partial charge in [0.2, 0.25) is 17.8 Å². The highest BCUT2D eigenvalue weighted by atomic mass is 16.5. The maximum absolute atomic E-state index is 13.4. The van der Waals surface area contributed by atoms with E-state index in [9.17, 15) is 4.79 Å². The average molecular weight is 514 g/mol. The maximum atomic E-state index is 13.4. The zero-order chi connectivity index (χ0) is 26.6. The largest absolute Gasteiger partial charge is 0.467 e. The molecule has 198 valence electrons. The third kappa shape index (κ3) is 4.88. The minimum atomic E-state index is -0.626. The second kappa shape index (κ2) is 11.1. The van der Waals surface area contributed by atoms with Crippen molar-refractivity contribution in [2.45, 2.75) is 52.1 Å². The monoisotopic (exact) mass is 513 g/mol. The summed E-state index contributed by atoms with van der Waals surface area (Å²) in [6.45, 7) is 7.70. The molecular formula is C29H35N7O2. The number of hydrogen-bond acceptors (Lipinski definition) is 8. The van der Waals surface area contributed by atoms with E-state index < -0.39 is 6.04 Å². The maximum Gasteiger partial charge on any atom is 0.328 e. The Bertz CT molecular complexity index is 1390. The van der Waals surface area contributed by atoms with Gasteiger partial charge in [0.05, 0.1) is 13.2 Å². The van der Waals surface area contributed by atoms with E-state index in [1.807, 2.05) is 17.0 Å². The number of aromatic amines is 1. The van der Waals surface area contributed by atoms with E-state index in [2.05, 4.69) is 77.8 Å². The molecule has 4 aromatic rings. The number of carbonyl (C=O) groups is 1. The topological polar surface area (TPSA) is 108 Å². The number of H-pyrrole nitrogens is 1. The van der Waals surface area contributed by atoms with Crippen molar-refractivity contribution in [1.82, 2.24) is 19.9 Å². The second-order valence-corrected chi connectivity index (χ2v) is 9.66. The molecule has 0 fully saturated rings. The van der Waals surface area contributed by atoms with Crippen molar-refractivity contribution >= 4 is 34.7 Å². The fourth-order valence-corrected chi connectivity index (χ4v) is 5.06. The summed E-state index contributed by atoms with van der Waals surface area (Å²) < 4.78 is 5.35. The Labute approximate surface area is 223 Å². The van der Waals surface area contributed by atoms with E-state index in [-0.39, 0.29) is 12.0 Å². The standard InChI is InChI=1S/C29H35N7O2/c1-5-15-30-27-33-28(31-16-6-2)35-29(34-27)36-23(26(37)38-4)17-21-20-9-7-8-10-22(20)32-24(21)25(36)19-13-11-18(3)12-14-19/h7-14,23,25,32H,5-6,15-17H2,1-4H3,(H2,30,31,33,34,35)/t23-,25+/m0/s1. The molecule has 0 radical (unpaired) electrons. The summed E-state index contributed by atoms with van der Waals surface area (Å²) in [6.07, 6.45) is 2.32. The van der Waals surface area contributed by atoms with Gasteiger partial charge in [-0.2, -0.15) is 15.0 Å². The summed E-state index contributed by atoms with van der Waals surface area (Å²) in [5, 5.41) is 7.71. The van der Waals surface area contributed by atoms with Gasteiger partial charge in [-0.3, -0.25) is 0 Å². The van der Waals surface area contributed by atoms with Gasteiger partial charge >= 0.3 is 5.97 Å². The van der Waals surface area contributed by atoms with Crippen LogP contribution in [0.3, 0.4) is 0 Å². The molecule has 2 atom stereocenters. The molecule has 1 aliphatic rings. The Balaban J connectivity index is 1.74. The van der Waals surface area contributed by atoms with Crippen molar-refractivity contribution < 1.29 is 9.53 Å². The van der Waals surface area contributed by atoms with Crippen LogP contribution in [-0.2, 0) is 16.0 Å². The summed E-state index contributed by atoms with van der Waals surface area (Å²) in [7, 11) is 1.43. The van der Waals surface area contributed by atoms with E-state index in [0.717, 1.165) is 59.2 Å². The van der Waals surface area contributed by atoms with Gasteiger partial charge in [-0.15, -0.1) is 0 Å². The fraction of sp³-hybridized carbons (Fsp3) is 0.379. The molecule has 0 saturated heterocycles. The van der Waals surface area contributed by atoms with Crippen molar-refractivity contribution in [2.75, 3.05) is 35.7 Å². The molecule has 0 bridgehead atoms. The molecule has 0 unspecified atom stereocenters. The van der Waals surface area contributed by atoms with Gasteiger partial charge in [0.15, 0.2) is 0 Å². The highest BCUT2D eigenvalue weighted by Gasteiger charge is 2.43. The first-order valence-corrected chi connectivity index (χ1v) is 13.3. The number of methoxy groups -OCH3 is 1. The Kier molecular flexibility index (Phi) is 7.44. The van der Waals surface area contributed by atoms with Crippen LogP contribution in [0.1, 0.15) is 55.1 Å². The van der Waals surface area contributed by atoms with Crippen LogP contribution < -0.4 is 15.5 Å². The number of nitrogens with one attached hydrogen (secondary N) is 3. The van der Waals surface area contributed by atoms with Crippen LogP contribution in [0.5, 0.6) is 0 Å². The van der Waals surface area contributed by atoms with Crippen LogP contribution in [0.15, 0.2) is 48.5 Å². The Morgan fingerprint density at radius 2 is 1.66 bits per heavy atom. The van der Waals surface area contributed by atoms with E-state index in [0.29, 0.717) is 24.3 Å². The number of hydrogen-bond donors (Lipinski definition) is 3. The number of anilines is 3. The van der Waals surface area contributed by atoms with E-state index in [4.69, 9.17) is 14.7 Å². The molecule has 9 heteroatoms. The molecular weight excluding hydrogens is 478 g/mol. The molecule has 1 aliphatic heterocycles. The number of esters is 1. The molecule has 3 heterocycles. The lowest BCUT2D eigenvalue weighted by Gasteiger charge is -2.41. The summed E-state index contributed by atoms with van der Waals surface area (Å²) in [5.74, 6) is 1.04. The number of aryl methyl sites for hydroxylation is 1. The van der Waals surface area contributed by atoms with Gasteiger partial charge in [-0.1, -0.05) is 61.9 Å². The lowest BCUT2D eigenvalue weighted by molar-refractivity contribution is -0.142. The van der Waals surface area contributed by atoms with Gasteiger partial charge in [0, 0.05) is 36.1 Å². The first-order chi connectivity index (χ1) is 18.5. The fourth-order valence-electron chi connectivity index (χ4n) is 5.06. The normalized spacial score (nSPS) is 16.8. The summed E-state index contributed by atoms with van der Waals surface area (Å²) in [6, 6.07) is 15.6. The first-order valence-electron chi connectivity index (χ1n) is 13.3. The highest BCUT2D eigenvalue weighted by Crippen LogP contribution is 2.43. The molecule has 9 nitrogen and oxygen atoms in total. The third-order valence-corrected chi connectivity index (χ3v) is 6.92. The van der Waals surface area contributed by atoms with Gasteiger partial charge < -0.3 is 25.3 Å². The van der Waals surface area contributed by atoms with Crippen molar-refractivity contribution in [2.24, 2.45) is 0 Å². The molecule has 0 spiro atoms. The van der Waals surface area contributed by atoms with Crippen molar-refractivity contribution in [1.29, 1.82) is 0 Å². The number of para-hydroxylation sites is 1. The number of nitrogens with zero attached hydrogens (tertiary/aromatic N) is 4. The lowest BCUT2D eigenvalue weighted by atomic mass is 9.88. The number of ether oxygens (including phenoxy) is 1. The smallest absolute Gasteiger partial charge is 0.328 e. The molecule has 2 aromatic heterocycles.